The van der Waals surface area contributed by atoms with E-state index in [4.69, 9.17) is 11.6 Å². The number of sulfonamides is 1. The van der Waals surface area contributed by atoms with E-state index < -0.39 is 15.6 Å². The van der Waals surface area contributed by atoms with Crippen molar-refractivity contribution in [3.05, 3.63) is 27.6 Å². The van der Waals surface area contributed by atoms with Crippen LogP contribution in [-0.4, -0.2) is 56.0 Å². The van der Waals surface area contributed by atoms with Crippen LogP contribution in [0.1, 0.15) is 0 Å². The standard InChI is InChI=1S/C11H16ClN3O3S2/c12-10-7-9(8-13-11(10)16)20(17,18)14-1-2-15-3-5-19-6-4-15/h7-8,14H,1-6H2,(H,13,16). The summed E-state index contributed by atoms with van der Waals surface area (Å²) in [6.07, 6.45) is 1.15. The largest absolute Gasteiger partial charge is 0.326 e. The molecule has 0 bridgehead atoms. The summed E-state index contributed by atoms with van der Waals surface area (Å²) in [7, 11) is -3.64. The first kappa shape index (κ1) is 15.8. The van der Waals surface area contributed by atoms with Crippen LogP contribution in [0.5, 0.6) is 0 Å². The average Bonchev–Trinajstić information content (AvgIpc) is 2.43. The summed E-state index contributed by atoms with van der Waals surface area (Å²) in [6, 6.07) is 1.15. The van der Waals surface area contributed by atoms with Gasteiger partial charge in [-0.3, -0.25) is 4.79 Å². The van der Waals surface area contributed by atoms with Gasteiger partial charge in [-0.15, -0.1) is 0 Å². The number of thioether (sulfide) groups is 1. The number of hydrogen-bond donors (Lipinski definition) is 2. The van der Waals surface area contributed by atoms with E-state index in [9.17, 15) is 13.2 Å². The quantitative estimate of drug-likeness (QED) is 0.810. The normalized spacial score (nSPS) is 17.2. The molecule has 1 aromatic heterocycles. The molecule has 2 N–H and O–H groups in total. The fraction of sp³-hybridized carbons (Fsp3) is 0.545. The lowest BCUT2D eigenvalue weighted by Gasteiger charge is -2.25. The van der Waals surface area contributed by atoms with Gasteiger partial charge < -0.3 is 9.88 Å². The number of pyridine rings is 1. The molecule has 1 aromatic rings. The SMILES string of the molecule is O=c1[nH]cc(S(=O)(=O)NCCN2CCSCC2)cc1Cl. The second-order valence-electron chi connectivity index (χ2n) is 4.36. The van der Waals surface area contributed by atoms with E-state index in [-0.39, 0.29) is 9.92 Å². The van der Waals surface area contributed by atoms with E-state index in [1.807, 2.05) is 11.8 Å². The highest BCUT2D eigenvalue weighted by Crippen LogP contribution is 2.11. The third-order valence-electron chi connectivity index (χ3n) is 2.97. The van der Waals surface area contributed by atoms with Crippen LogP contribution >= 0.6 is 23.4 Å². The number of H-pyrrole nitrogens is 1. The molecule has 1 aliphatic rings. The second kappa shape index (κ2) is 6.95. The molecule has 0 radical (unpaired) electrons. The van der Waals surface area contributed by atoms with E-state index in [1.54, 1.807) is 0 Å². The third kappa shape index (κ3) is 4.23. The molecule has 0 unspecified atom stereocenters. The number of aromatic nitrogens is 1. The van der Waals surface area contributed by atoms with Crippen molar-refractivity contribution in [2.75, 3.05) is 37.7 Å². The van der Waals surface area contributed by atoms with Crippen molar-refractivity contribution in [3.63, 3.8) is 0 Å². The molecule has 1 saturated heterocycles. The lowest BCUT2D eigenvalue weighted by atomic mass is 10.5. The molecule has 2 rings (SSSR count). The molecular weight excluding hydrogens is 322 g/mol. The highest BCUT2D eigenvalue weighted by molar-refractivity contribution is 7.99. The molecule has 0 atom stereocenters. The maximum absolute atomic E-state index is 12.0. The fourth-order valence-corrected chi connectivity index (χ4v) is 4.07. The molecule has 0 saturated carbocycles. The van der Waals surface area contributed by atoms with Crippen molar-refractivity contribution >= 4 is 33.4 Å². The number of nitrogens with zero attached hydrogens (tertiary/aromatic N) is 1. The number of halogens is 1. The first-order valence-corrected chi connectivity index (χ1v) is 9.18. The molecule has 9 heteroatoms. The summed E-state index contributed by atoms with van der Waals surface area (Å²) in [5.41, 5.74) is -0.503. The van der Waals surface area contributed by atoms with Crippen molar-refractivity contribution in [2.24, 2.45) is 0 Å². The zero-order valence-corrected chi connectivity index (χ0v) is 13.2. The van der Waals surface area contributed by atoms with Gasteiger partial charge in [0.1, 0.15) is 5.02 Å². The highest BCUT2D eigenvalue weighted by Gasteiger charge is 2.16. The summed E-state index contributed by atoms with van der Waals surface area (Å²) in [4.78, 5) is 15.6. The van der Waals surface area contributed by atoms with Crippen molar-refractivity contribution in [1.82, 2.24) is 14.6 Å². The predicted octanol–water partition coefficient (Wildman–Crippen LogP) is 0.355. The molecule has 2 heterocycles. The average molecular weight is 338 g/mol. The van der Waals surface area contributed by atoms with E-state index in [0.29, 0.717) is 13.1 Å². The van der Waals surface area contributed by atoms with Gasteiger partial charge in [0.2, 0.25) is 10.0 Å². The topological polar surface area (TPSA) is 82.3 Å². The van der Waals surface area contributed by atoms with Crippen LogP contribution in [0.3, 0.4) is 0 Å². The smallest absolute Gasteiger partial charge is 0.266 e. The number of nitrogens with one attached hydrogen (secondary N) is 2. The van der Waals surface area contributed by atoms with Gasteiger partial charge in [-0.2, -0.15) is 11.8 Å². The summed E-state index contributed by atoms with van der Waals surface area (Å²) in [5.74, 6) is 2.17. The van der Waals surface area contributed by atoms with Crippen LogP contribution in [0, 0.1) is 0 Å². The van der Waals surface area contributed by atoms with Gasteiger partial charge in [-0.05, 0) is 6.07 Å². The number of rotatable bonds is 5. The Morgan fingerprint density at radius 3 is 2.75 bits per heavy atom. The number of hydrogen-bond acceptors (Lipinski definition) is 5. The first-order chi connectivity index (χ1) is 9.49. The molecule has 112 valence electrons. The second-order valence-corrected chi connectivity index (χ2v) is 7.76. The Labute approximate surface area is 126 Å². The Bertz CT molecular complexity index is 612. The minimum Gasteiger partial charge on any atom is -0.326 e. The van der Waals surface area contributed by atoms with Gasteiger partial charge in [0.15, 0.2) is 0 Å². The lowest BCUT2D eigenvalue weighted by molar-refractivity contribution is 0.307. The Kier molecular flexibility index (Phi) is 5.50. The van der Waals surface area contributed by atoms with Gasteiger partial charge >= 0.3 is 0 Å². The summed E-state index contributed by atoms with van der Waals surface area (Å²) < 4.78 is 26.6. The van der Waals surface area contributed by atoms with Crippen LogP contribution in [0.15, 0.2) is 22.0 Å². The van der Waals surface area contributed by atoms with E-state index >= 15 is 0 Å². The molecule has 0 spiro atoms. The van der Waals surface area contributed by atoms with Crippen LogP contribution in [0.4, 0.5) is 0 Å². The van der Waals surface area contributed by atoms with Crippen molar-refractivity contribution < 1.29 is 8.42 Å². The zero-order chi connectivity index (χ0) is 14.6. The summed E-state index contributed by atoms with van der Waals surface area (Å²) >= 11 is 7.54. The highest BCUT2D eigenvalue weighted by atomic mass is 35.5. The molecule has 20 heavy (non-hydrogen) atoms. The van der Waals surface area contributed by atoms with Gasteiger partial charge in [0, 0.05) is 43.9 Å². The van der Waals surface area contributed by atoms with Crippen molar-refractivity contribution in [1.29, 1.82) is 0 Å². The number of aromatic amines is 1. The Morgan fingerprint density at radius 2 is 2.10 bits per heavy atom. The van der Waals surface area contributed by atoms with Crippen LogP contribution in [0.25, 0.3) is 0 Å². The summed E-state index contributed by atoms with van der Waals surface area (Å²) in [6.45, 7) is 2.98. The van der Waals surface area contributed by atoms with Gasteiger partial charge in [-0.1, -0.05) is 11.6 Å². The van der Waals surface area contributed by atoms with E-state index in [2.05, 4.69) is 14.6 Å². The Hall–Kier alpha value is -0.540. The zero-order valence-electron chi connectivity index (χ0n) is 10.8. The third-order valence-corrected chi connectivity index (χ3v) is 5.63. The van der Waals surface area contributed by atoms with Crippen molar-refractivity contribution in [2.45, 2.75) is 4.90 Å². The van der Waals surface area contributed by atoms with Gasteiger partial charge in [0.25, 0.3) is 5.56 Å². The van der Waals surface area contributed by atoms with E-state index in [1.165, 1.54) is 0 Å². The minimum atomic E-state index is -3.64. The molecule has 1 fully saturated rings. The minimum absolute atomic E-state index is 0.0312. The maximum atomic E-state index is 12.0. The van der Waals surface area contributed by atoms with Gasteiger partial charge in [0.05, 0.1) is 4.90 Å². The fourth-order valence-electron chi connectivity index (χ4n) is 1.84. The first-order valence-electron chi connectivity index (χ1n) is 6.17. The molecular formula is C11H16ClN3O3S2. The van der Waals surface area contributed by atoms with Crippen LogP contribution < -0.4 is 10.3 Å². The molecule has 6 nitrogen and oxygen atoms in total. The monoisotopic (exact) mass is 337 g/mol. The molecule has 0 amide bonds. The molecule has 0 aliphatic carbocycles. The van der Waals surface area contributed by atoms with Crippen LogP contribution in [-0.2, 0) is 10.0 Å². The maximum Gasteiger partial charge on any atom is 0.266 e. The Morgan fingerprint density at radius 1 is 1.40 bits per heavy atom. The van der Waals surface area contributed by atoms with Crippen molar-refractivity contribution in [3.8, 4) is 0 Å². The summed E-state index contributed by atoms with van der Waals surface area (Å²) in [5, 5.41) is -0.138. The van der Waals surface area contributed by atoms with Crippen LogP contribution in [0.2, 0.25) is 5.02 Å². The van der Waals surface area contributed by atoms with E-state index in [0.717, 1.165) is 36.9 Å². The molecule has 1 aliphatic heterocycles. The lowest BCUT2D eigenvalue weighted by Crippen LogP contribution is -2.39. The predicted molar refractivity (Wildman–Crippen MR) is 81.0 cm³/mol. The van der Waals surface area contributed by atoms with Gasteiger partial charge in [-0.25, -0.2) is 13.1 Å². The molecule has 0 aromatic carbocycles. The Balaban J connectivity index is 1.93.